The summed E-state index contributed by atoms with van der Waals surface area (Å²) < 4.78 is 4.88. The van der Waals surface area contributed by atoms with Crippen LogP contribution in [0.1, 0.15) is 41.8 Å². The molecule has 1 heterocycles. The minimum Gasteiger partial charge on any atom is -0.396 e. The van der Waals surface area contributed by atoms with E-state index in [2.05, 4.69) is 10.5 Å². The number of carbonyl (C=O) groups excluding carboxylic acids is 1. The number of aryl methyl sites for hydroxylation is 1. The second kappa shape index (κ2) is 4.87. The Bertz CT molecular complexity index is 394. The molecule has 5 heteroatoms. The average Bonchev–Trinajstić information content (AvgIpc) is 2.95. The molecule has 17 heavy (non-hydrogen) atoms. The smallest absolute Gasteiger partial charge is 0.290 e. The molecule has 1 saturated carbocycles. The van der Waals surface area contributed by atoms with E-state index in [1.54, 1.807) is 6.92 Å². The van der Waals surface area contributed by atoms with Crippen LogP contribution in [-0.4, -0.2) is 29.3 Å². The van der Waals surface area contributed by atoms with Gasteiger partial charge in [-0.05, 0) is 19.8 Å². The van der Waals surface area contributed by atoms with Crippen LogP contribution in [0.4, 0.5) is 0 Å². The maximum absolute atomic E-state index is 11.8. The van der Waals surface area contributed by atoms with E-state index in [0.717, 1.165) is 31.2 Å². The van der Waals surface area contributed by atoms with E-state index in [-0.39, 0.29) is 23.7 Å². The number of nitrogens with zero attached hydrogens (tertiary/aromatic N) is 1. The number of aliphatic hydroxyl groups is 1. The van der Waals surface area contributed by atoms with Crippen LogP contribution >= 0.6 is 0 Å². The molecule has 1 aromatic heterocycles. The van der Waals surface area contributed by atoms with Crippen LogP contribution in [0.2, 0.25) is 0 Å². The van der Waals surface area contributed by atoms with Crippen molar-refractivity contribution in [2.24, 2.45) is 5.41 Å². The number of amides is 1. The SMILES string of the molecule is Cc1cnoc1C(=O)NCC1(CO)CCCC1. The molecule has 1 aliphatic carbocycles. The van der Waals surface area contributed by atoms with Gasteiger partial charge in [0.25, 0.3) is 5.91 Å². The first-order valence-electron chi connectivity index (χ1n) is 5.97. The summed E-state index contributed by atoms with van der Waals surface area (Å²) in [6.45, 7) is 2.41. The van der Waals surface area contributed by atoms with Gasteiger partial charge in [0.05, 0.1) is 12.8 Å². The zero-order valence-electron chi connectivity index (χ0n) is 10.0. The van der Waals surface area contributed by atoms with Crippen molar-refractivity contribution in [1.29, 1.82) is 0 Å². The predicted molar refractivity (Wildman–Crippen MR) is 61.6 cm³/mol. The fourth-order valence-corrected chi connectivity index (χ4v) is 2.37. The Morgan fingerprint density at radius 3 is 2.82 bits per heavy atom. The molecule has 0 aliphatic heterocycles. The highest BCUT2D eigenvalue weighted by molar-refractivity contribution is 5.92. The number of carbonyl (C=O) groups is 1. The van der Waals surface area contributed by atoms with E-state index >= 15 is 0 Å². The van der Waals surface area contributed by atoms with Crippen LogP contribution in [0.15, 0.2) is 10.7 Å². The Kier molecular flexibility index (Phi) is 3.47. The Morgan fingerprint density at radius 1 is 1.59 bits per heavy atom. The summed E-state index contributed by atoms with van der Waals surface area (Å²) >= 11 is 0. The minimum absolute atomic E-state index is 0.128. The molecule has 2 rings (SSSR count). The summed E-state index contributed by atoms with van der Waals surface area (Å²) in [6, 6.07) is 0. The van der Waals surface area contributed by atoms with Gasteiger partial charge in [-0.15, -0.1) is 0 Å². The second-order valence-corrected chi connectivity index (χ2v) is 4.89. The van der Waals surface area contributed by atoms with Crippen molar-refractivity contribution in [1.82, 2.24) is 10.5 Å². The Balaban J connectivity index is 1.94. The van der Waals surface area contributed by atoms with Crippen LogP contribution in [0.5, 0.6) is 0 Å². The van der Waals surface area contributed by atoms with Crippen LogP contribution < -0.4 is 5.32 Å². The van der Waals surface area contributed by atoms with Gasteiger partial charge in [-0.1, -0.05) is 18.0 Å². The maximum atomic E-state index is 11.8. The molecule has 1 aromatic rings. The first-order valence-corrected chi connectivity index (χ1v) is 5.97. The molecule has 1 fully saturated rings. The summed E-state index contributed by atoms with van der Waals surface area (Å²) in [6.07, 6.45) is 5.71. The molecule has 2 N–H and O–H groups in total. The molecular weight excluding hydrogens is 220 g/mol. The first-order chi connectivity index (χ1) is 8.17. The highest BCUT2D eigenvalue weighted by atomic mass is 16.5. The summed E-state index contributed by atoms with van der Waals surface area (Å²) in [4.78, 5) is 11.8. The van der Waals surface area contributed by atoms with Crippen molar-refractivity contribution >= 4 is 5.91 Å². The van der Waals surface area contributed by atoms with Gasteiger partial charge in [-0.25, -0.2) is 0 Å². The van der Waals surface area contributed by atoms with Crippen LogP contribution in [0.3, 0.4) is 0 Å². The number of rotatable bonds is 4. The average molecular weight is 238 g/mol. The Hall–Kier alpha value is -1.36. The van der Waals surface area contributed by atoms with E-state index in [9.17, 15) is 9.90 Å². The summed E-state index contributed by atoms with van der Waals surface area (Å²) in [5, 5.41) is 15.8. The Morgan fingerprint density at radius 2 is 2.29 bits per heavy atom. The van der Waals surface area contributed by atoms with Crippen molar-refractivity contribution in [3.63, 3.8) is 0 Å². The standard InChI is InChI=1S/C12H18N2O3/c1-9-6-14-17-10(9)11(16)13-7-12(8-15)4-2-3-5-12/h6,15H,2-5,7-8H2,1H3,(H,13,16). The predicted octanol–water partition coefficient (Wildman–Crippen LogP) is 1.27. The lowest BCUT2D eigenvalue weighted by Gasteiger charge is -2.26. The largest absolute Gasteiger partial charge is 0.396 e. The molecule has 0 bridgehead atoms. The third-order valence-electron chi connectivity index (χ3n) is 3.58. The normalized spacial score (nSPS) is 18.2. The lowest BCUT2D eigenvalue weighted by Crippen LogP contribution is -2.38. The van der Waals surface area contributed by atoms with Crippen LogP contribution in [0.25, 0.3) is 0 Å². The summed E-state index contributed by atoms with van der Waals surface area (Å²) in [7, 11) is 0. The van der Waals surface area contributed by atoms with Gasteiger partial charge in [-0.2, -0.15) is 0 Å². The molecule has 1 amide bonds. The molecule has 1 aliphatic rings. The molecule has 0 saturated heterocycles. The van der Waals surface area contributed by atoms with Crippen molar-refractivity contribution in [3.05, 3.63) is 17.5 Å². The van der Waals surface area contributed by atoms with Gasteiger partial charge in [0.1, 0.15) is 0 Å². The van der Waals surface area contributed by atoms with Crippen LogP contribution in [-0.2, 0) is 0 Å². The van der Waals surface area contributed by atoms with Gasteiger partial charge in [0.2, 0.25) is 5.76 Å². The lowest BCUT2D eigenvalue weighted by atomic mass is 9.87. The second-order valence-electron chi connectivity index (χ2n) is 4.89. The minimum atomic E-state index is -0.250. The highest BCUT2D eigenvalue weighted by Crippen LogP contribution is 2.36. The van der Waals surface area contributed by atoms with Gasteiger partial charge in [0, 0.05) is 17.5 Å². The summed E-state index contributed by atoms with van der Waals surface area (Å²) in [5.74, 6) is 0.0100. The molecule has 0 atom stereocenters. The number of hydrogen-bond acceptors (Lipinski definition) is 4. The summed E-state index contributed by atoms with van der Waals surface area (Å²) in [5.41, 5.74) is 0.593. The number of nitrogens with one attached hydrogen (secondary N) is 1. The van der Waals surface area contributed by atoms with Crippen molar-refractivity contribution in [2.75, 3.05) is 13.2 Å². The van der Waals surface area contributed by atoms with E-state index in [4.69, 9.17) is 4.52 Å². The third-order valence-corrected chi connectivity index (χ3v) is 3.58. The lowest BCUT2D eigenvalue weighted by molar-refractivity contribution is 0.0846. The van der Waals surface area contributed by atoms with Crippen molar-refractivity contribution in [2.45, 2.75) is 32.6 Å². The van der Waals surface area contributed by atoms with Crippen molar-refractivity contribution < 1.29 is 14.4 Å². The highest BCUT2D eigenvalue weighted by Gasteiger charge is 2.33. The van der Waals surface area contributed by atoms with E-state index in [1.807, 2.05) is 0 Å². The monoisotopic (exact) mass is 238 g/mol. The zero-order valence-corrected chi connectivity index (χ0v) is 10.0. The molecule has 0 radical (unpaired) electrons. The third kappa shape index (κ3) is 2.49. The maximum Gasteiger partial charge on any atom is 0.290 e. The van der Waals surface area contributed by atoms with Gasteiger partial charge in [-0.3, -0.25) is 4.79 Å². The fraction of sp³-hybridized carbons (Fsp3) is 0.667. The molecule has 0 unspecified atom stereocenters. The topological polar surface area (TPSA) is 75.4 Å². The van der Waals surface area contributed by atoms with Crippen molar-refractivity contribution in [3.8, 4) is 0 Å². The molecular formula is C12H18N2O3. The van der Waals surface area contributed by atoms with Gasteiger partial charge in [0.15, 0.2) is 0 Å². The quantitative estimate of drug-likeness (QED) is 0.828. The van der Waals surface area contributed by atoms with Crippen LogP contribution in [0, 0.1) is 12.3 Å². The van der Waals surface area contributed by atoms with Gasteiger partial charge >= 0.3 is 0 Å². The molecule has 0 spiro atoms. The number of hydrogen-bond donors (Lipinski definition) is 2. The van der Waals surface area contributed by atoms with E-state index in [1.165, 1.54) is 6.20 Å². The fourth-order valence-electron chi connectivity index (χ4n) is 2.37. The molecule has 0 aromatic carbocycles. The van der Waals surface area contributed by atoms with E-state index < -0.39 is 0 Å². The van der Waals surface area contributed by atoms with Gasteiger partial charge < -0.3 is 14.9 Å². The zero-order chi connectivity index (χ0) is 12.3. The van der Waals surface area contributed by atoms with E-state index in [0.29, 0.717) is 6.54 Å². The number of aromatic nitrogens is 1. The first kappa shape index (κ1) is 12.1. The number of aliphatic hydroxyl groups excluding tert-OH is 1. The molecule has 94 valence electrons. The molecule has 5 nitrogen and oxygen atoms in total. The Labute approximate surface area is 100 Å².